The Morgan fingerprint density at radius 1 is 0.963 bits per heavy atom. The van der Waals surface area contributed by atoms with Crippen LogP contribution >= 0.6 is 0 Å². The van der Waals surface area contributed by atoms with Gasteiger partial charge in [-0.1, -0.05) is 18.2 Å². The Hall–Kier alpha value is -4.01. The van der Waals surface area contributed by atoms with Crippen LogP contribution in [0.1, 0.15) is 5.82 Å². The van der Waals surface area contributed by atoms with Crippen molar-refractivity contribution in [2.24, 2.45) is 0 Å². The summed E-state index contributed by atoms with van der Waals surface area (Å²) in [6.07, 6.45) is 5.18. The van der Waals surface area contributed by atoms with Crippen molar-refractivity contribution in [3.63, 3.8) is 0 Å². The van der Waals surface area contributed by atoms with E-state index in [4.69, 9.17) is 16.5 Å². The molecule has 0 unspecified atom stereocenters. The first kappa shape index (κ1) is 15.3. The molecule has 9 heteroatoms. The first-order chi connectivity index (χ1) is 13.2. The second-order valence-corrected chi connectivity index (χ2v) is 6.08. The zero-order chi connectivity index (χ0) is 18.4. The third-order valence-corrected chi connectivity index (χ3v) is 4.36. The van der Waals surface area contributed by atoms with E-state index >= 15 is 0 Å². The Bertz CT molecular complexity index is 1270. The lowest BCUT2D eigenvalue weighted by Gasteiger charge is -2.10. The van der Waals surface area contributed by atoms with Crippen LogP contribution in [-0.2, 0) is 6.54 Å². The standard InChI is InChI=1S/C18H15N9/c19-16-15-17(25-18(20)24-16)26(10-22-15)9-14-23-12-8-21-7-6-13(12)27(14)11-4-2-1-3-5-11/h1-8,10H,9H2,(H4,19,20,24,25). The molecule has 0 amide bonds. The minimum absolute atomic E-state index is 0.113. The summed E-state index contributed by atoms with van der Waals surface area (Å²) >= 11 is 0. The molecule has 4 heterocycles. The van der Waals surface area contributed by atoms with Crippen molar-refractivity contribution in [1.29, 1.82) is 0 Å². The fourth-order valence-corrected chi connectivity index (χ4v) is 3.20. The quantitative estimate of drug-likeness (QED) is 0.504. The molecule has 1 aromatic carbocycles. The van der Waals surface area contributed by atoms with Crippen molar-refractivity contribution in [3.05, 3.63) is 60.9 Å². The van der Waals surface area contributed by atoms with Gasteiger partial charge in [-0.2, -0.15) is 9.97 Å². The number of anilines is 2. The highest BCUT2D eigenvalue weighted by atomic mass is 15.2. The van der Waals surface area contributed by atoms with Gasteiger partial charge in [0.25, 0.3) is 0 Å². The number of para-hydroxylation sites is 1. The average Bonchev–Trinajstić information content (AvgIpc) is 3.24. The monoisotopic (exact) mass is 357 g/mol. The summed E-state index contributed by atoms with van der Waals surface area (Å²) in [5.41, 5.74) is 15.6. The van der Waals surface area contributed by atoms with Crippen LogP contribution < -0.4 is 11.5 Å². The van der Waals surface area contributed by atoms with Gasteiger partial charge in [0.05, 0.1) is 24.6 Å². The predicted molar refractivity (Wildman–Crippen MR) is 102 cm³/mol. The molecule has 9 nitrogen and oxygen atoms in total. The van der Waals surface area contributed by atoms with Gasteiger partial charge in [0.15, 0.2) is 11.5 Å². The van der Waals surface area contributed by atoms with E-state index in [9.17, 15) is 0 Å². The molecule has 132 valence electrons. The molecule has 0 aliphatic rings. The summed E-state index contributed by atoms with van der Waals surface area (Å²) < 4.78 is 3.95. The first-order valence-electron chi connectivity index (χ1n) is 8.31. The number of pyridine rings is 1. The molecule has 5 aromatic rings. The first-order valence-corrected chi connectivity index (χ1v) is 8.31. The Kier molecular flexibility index (Phi) is 3.26. The predicted octanol–water partition coefficient (Wildman–Crippen LogP) is 1.77. The van der Waals surface area contributed by atoms with Gasteiger partial charge in [-0.3, -0.25) is 9.55 Å². The van der Waals surface area contributed by atoms with Gasteiger partial charge in [-0.05, 0) is 18.2 Å². The smallest absolute Gasteiger partial charge is 0.224 e. The average molecular weight is 357 g/mol. The normalized spacial score (nSPS) is 11.4. The number of rotatable bonds is 3. The number of hydrogen-bond acceptors (Lipinski definition) is 7. The van der Waals surface area contributed by atoms with Crippen LogP contribution in [0.3, 0.4) is 0 Å². The lowest BCUT2D eigenvalue weighted by atomic mass is 10.3. The van der Waals surface area contributed by atoms with E-state index in [0.717, 1.165) is 22.5 Å². The molecule has 0 bridgehead atoms. The lowest BCUT2D eigenvalue weighted by molar-refractivity contribution is 0.746. The van der Waals surface area contributed by atoms with Crippen molar-refractivity contribution in [2.45, 2.75) is 6.54 Å². The van der Waals surface area contributed by atoms with Crippen LogP contribution in [0.15, 0.2) is 55.1 Å². The van der Waals surface area contributed by atoms with Crippen LogP contribution in [0.5, 0.6) is 0 Å². The Morgan fingerprint density at radius 3 is 2.67 bits per heavy atom. The third kappa shape index (κ3) is 2.44. The van der Waals surface area contributed by atoms with Crippen LogP contribution in [0, 0.1) is 0 Å². The largest absolute Gasteiger partial charge is 0.382 e. The van der Waals surface area contributed by atoms with E-state index in [0.29, 0.717) is 17.7 Å². The van der Waals surface area contributed by atoms with E-state index in [-0.39, 0.29) is 11.8 Å². The minimum atomic E-state index is 0.113. The summed E-state index contributed by atoms with van der Waals surface area (Å²) in [6.45, 7) is 0.440. The topological polar surface area (TPSA) is 126 Å². The second-order valence-electron chi connectivity index (χ2n) is 6.08. The molecule has 0 fully saturated rings. The highest BCUT2D eigenvalue weighted by Gasteiger charge is 2.16. The molecular weight excluding hydrogens is 342 g/mol. The Balaban J connectivity index is 1.70. The summed E-state index contributed by atoms with van der Waals surface area (Å²) in [4.78, 5) is 21.5. The van der Waals surface area contributed by atoms with E-state index in [1.54, 1.807) is 18.7 Å². The van der Waals surface area contributed by atoms with Crippen molar-refractivity contribution in [3.8, 4) is 5.69 Å². The van der Waals surface area contributed by atoms with Crippen molar-refractivity contribution < 1.29 is 0 Å². The number of benzene rings is 1. The number of fused-ring (bicyclic) bond motifs is 2. The van der Waals surface area contributed by atoms with Crippen LogP contribution in [0.25, 0.3) is 27.9 Å². The second kappa shape index (κ2) is 5.77. The lowest BCUT2D eigenvalue weighted by Crippen LogP contribution is -2.08. The number of hydrogen-bond donors (Lipinski definition) is 2. The molecule has 0 saturated heterocycles. The highest BCUT2D eigenvalue weighted by Crippen LogP contribution is 2.23. The van der Waals surface area contributed by atoms with Crippen LogP contribution in [0.2, 0.25) is 0 Å². The van der Waals surface area contributed by atoms with Crippen LogP contribution in [-0.4, -0.2) is 34.1 Å². The molecule has 0 aliphatic carbocycles. The fraction of sp³-hybridized carbons (Fsp3) is 0.0556. The number of aromatic nitrogens is 7. The van der Waals surface area contributed by atoms with Gasteiger partial charge in [0, 0.05) is 11.9 Å². The molecule has 5 rings (SSSR count). The molecule has 4 aromatic heterocycles. The number of imidazole rings is 2. The van der Waals surface area contributed by atoms with Crippen molar-refractivity contribution in [2.75, 3.05) is 11.5 Å². The maximum absolute atomic E-state index is 5.91. The van der Waals surface area contributed by atoms with Gasteiger partial charge in [-0.15, -0.1) is 0 Å². The highest BCUT2D eigenvalue weighted by molar-refractivity contribution is 5.83. The summed E-state index contributed by atoms with van der Waals surface area (Å²) in [6, 6.07) is 12.0. The third-order valence-electron chi connectivity index (χ3n) is 4.36. The van der Waals surface area contributed by atoms with Gasteiger partial charge in [0.1, 0.15) is 16.9 Å². The van der Waals surface area contributed by atoms with Gasteiger partial charge in [0.2, 0.25) is 5.95 Å². The van der Waals surface area contributed by atoms with Crippen molar-refractivity contribution >= 4 is 34.0 Å². The number of nitrogens with zero attached hydrogens (tertiary/aromatic N) is 7. The Labute approximate surface area is 153 Å². The molecule has 4 N–H and O–H groups in total. The molecule has 0 saturated carbocycles. The zero-order valence-corrected chi connectivity index (χ0v) is 14.2. The van der Waals surface area contributed by atoms with Gasteiger partial charge < -0.3 is 16.0 Å². The fourth-order valence-electron chi connectivity index (χ4n) is 3.20. The van der Waals surface area contributed by atoms with Gasteiger partial charge >= 0.3 is 0 Å². The van der Waals surface area contributed by atoms with E-state index in [1.165, 1.54) is 0 Å². The SMILES string of the molecule is Nc1nc(N)c2ncn(Cc3nc4cnccc4n3-c3ccccc3)c2n1. The molecular formula is C18H15N9. The number of nitrogen functional groups attached to an aromatic ring is 2. The van der Waals surface area contributed by atoms with E-state index in [1.807, 2.05) is 41.0 Å². The molecule has 0 spiro atoms. The van der Waals surface area contributed by atoms with Crippen molar-refractivity contribution in [1.82, 2.24) is 34.1 Å². The summed E-state index contributed by atoms with van der Waals surface area (Å²) in [5, 5.41) is 0. The molecule has 0 atom stereocenters. The molecule has 27 heavy (non-hydrogen) atoms. The van der Waals surface area contributed by atoms with E-state index < -0.39 is 0 Å². The maximum Gasteiger partial charge on any atom is 0.224 e. The summed E-state index contributed by atoms with van der Waals surface area (Å²) in [7, 11) is 0. The number of nitrogens with two attached hydrogens (primary N) is 2. The molecule has 0 aliphatic heterocycles. The maximum atomic E-state index is 5.91. The van der Waals surface area contributed by atoms with Gasteiger partial charge in [-0.25, -0.2) is 9.97 Å². The summed E-state index contributed by atoms with van der Waals surface area (Å²) in [5.74, 6) is 1.19. The zero-order valence-electron chi connectivity index (χ0n) is 14.2. The Morgan fingerprint density at radius 2 is 1.81 bits per heavy atom. The van der Waals surface area contributed by atoms with Crippen LogP contribution in [0.4, 0.5) is 11.8 Å². The van der Waals surface area contributed by atoms with E-state index in [2.05, 4.69) is 24.5 Å². The minimum Gasteiger partial charge on any atom is -0.382 e. The molecule has 0 radical (unpaired) electrons.